The van der Waals surface area contributed by atoms with E-state index < -0.39 is 28.8 Å². The highest BCUT2D eigenvalue weighted by Gasteiger charge is 2.29. The Labute approximate surface area is 295 Å². The van der Waals surface area contributed by atoms with Gasteiger partial charge in [0.05, 0.1) is 18.4 Å². The number of carbonyl (C=O) groups excluding carboxylic acids is 2. The molecule has 2 rings (SSSR count). The van der Waals surface area contributed by atoms with Crippen LogP contribution in [0.15, 0.2) is 35.3 Å². The minimum Gasteiger partial charge on any atom is -0.491 e. The lowest BCUT2D eigenvalue weighted by atomic mass is 9.96. The average molecular weight is 688 g/mol. The Hall–Kier alpha value is -2.64. The summed E-state index contributed by atoms with van der Waals surface area (Å²) >= 11 is 6.41. The van der Waals surface area contributed by atoms with E-state index in [0.717, 1.165) is 19.3 Å². The van der Waals surface area contributed by atoms with Crippen LogP contribution in [-0.4, -0.2) is 40.7 Å². The van der Waals surface area contributed by atoms with Crippen molar-refractivity contribution in [1.82, 2.24) is 4.57 Å². The van der Waals surface area contributed by atoms with E-state index >= 15 is 0 Å². The number of nitrogens with zero attached hydrogens (tertiary/aromatic N) is 1. The zero-order chi connectivity index (χ0) is 35.7. The summed E-state index contributed by atoms with van der Waals surface area (Å²) in [4.78, 5) is 40.3. The molecule has 0 fully saturated rings. The highest BCUT2D eigenvalue weighted by Crippen LogP contribution is 2.35. The fraction of sp³-hybridized carbons (Fsp3) is 0.675. The molecule has 1 atom stereocenters. The van der Waals surface area contributed by atoms with Gasteiger partial charge >= 0.3 is 5.97 Å². The topological polar surface area (TPSA) is 83.8 Å². The number of pyridine rings is 1. The van der Waals surface area contributed by atoms with Gasteiger partial charge in [-0.25, -0.2) is 4.79 Å². The highest BCUT2D eigenvalue weighted by atomic mass is 35.5. The molecule has 1 aromatic heterocycles. The molecule has 7 nitrogen and oxygen atoms in total. The minimum absolute atomic E-state index is 0.0660. The Morgan fingerprint density at radius 3 is 1.90 bits per heavy atom. The van der Waals surface area contributed by atoms with Crippen LogP contribution in [-0.2, 0) is 14.3 Å². The second-order valence-electron chi connectivity index (χ2n) is 14.8. The summed E-state index contributed by atoms with van der Waals surface area (Å²) in [5.74, 6) is -0.175. The van der Waals surface area contributed by atoms with Crippen LogP contribution in [0.1, 0.15) is 162 Å². The van der Waals surface area contributed by atoms with Gasteiger partial charge in [0.15, 0.2) is 5.78 Å². The maximum atomic E-state index is 13.8. The number of aromatic nitrogens is 1. The lowest BCUT2D eigenvalue weighted by Crippen LogP contribution is -2.36. The zero-order valence-corrected chi connectivity index (χ0v) is 31.8. The number of Topliss-reactive ketones (excluding diaryl/α,β-unsaturated/α-hetero) is 1. The second-order valence-corrected chi connectivity index (χ2v) is 15.2. The molecular weight excluding hydrogens is 626 g/mol. The molecule has 2 aromatic rings. The van der Waals surface area contributed by atoms with Crippen molar-refractivity contribution in [2.75, 3.05) is 13.2 Å². The first kappa shape index (κ1) is 41.5. The molecule has 270 valence electrons. The first-order chi connectivity index (χ1) is 22.7. The molecule has 0 amide bonds. The SMILES string of the molecule is CCCCCCCCCCCCCCOc1cn(C(CCOC(C)(C)C)C(=O)OC(C)(C)C)c(=O)cc1-c1cc(Cl)ccc1C(=O)CC. The second kappa shape index (κ2) is 20.8. The normalized spacial score (nSPS) is 12.6. The molecule has 0 aliphatic heterocycles. The predicted molar refractivity (Wildman–Crippen MR) is 198 cm³/mol. The van der Waals surface area contributed by atoms with Crippen molar-refractivity contribution in [3.8, 4) is 16.9 Å². The van der Waals surface area contributed by atoms with Crippen LogP contribution in [0.2, 0.25) is 5.02 Å². The van der Waals surface area contributed by atoms with Crippen LogP contribution in [0.4, 0.5) is 0 Å². The van der Waals surface area contributed by atoms with Gasteiger partial charge < -0.3 is 14.2 Å². The van der Waals surface area contributed by atoms with E-state index in [1.807, 2.05) is 20.8 Å². The number of carbonyl (C=O) groups is 2. The smallest absolute Gasteiger partial charge is 0.329 e. The first-order valence-corrected chi connectivity index (χ1v) is 18.6. The number of halogens is 1. The predicted octanol–water partition coefficient (Wildman–Crippen LogP) is 10.9. The van der Waals surface area contributed by atoms with E-state index in [2.05, 4.69) is 6.92 Å². The fourth-order valence-corrected chi connectivity index (χ4v) is 5.78. The van der Waals surface area contributed by atoms with E-state index in [1.165, 1.54) is 68.4 Å². The van der Waals surface area contributed by atoms with Crippen molar-refractivity contribution in [2.45, 2.75) is 163 Å². The van der Waals surface area contributed by atoms with Gasteiger partial charge in [0, 0.05) is 41.7 Å². The molecule has 1 unspecified atom stereocenters. The summed E-state index contributed by atoms with van der Waals surface area (Å²) in [6.45, 7) is 16.0. The maximum absolute atomic E-state index is 13.8. The van der Waals surface area contributed by atoms with Gasteiger partial charge in [0.25, 0.3) is 5.56 Å². The van der Waals surface area contributed by atoms with Crippen molar-refractivity contribution >= 4 is 23.4 Å². The van der Waals surface area contributed by atoms with Gasteiger partial charge in [-0.05, 0) is 71.7 Å². The highest BCUT2D eigenvalue weighted by molar-refractivity contribution is 6.31. The van der Waals surface area contributed by atoms with E-state index in [-0.39, 0.29) is 18.8 Å². The molecule has 1 heterocycles. The van der Waals surface area contributed by atoms with Crippen LogP contribution >= 0.6 is 11.6 Å². The van der Waals surface area contributed by atoms with Crippen molar-refractivity contribution < 1.29 is 23.8 Å². The largest absolute Gasteiger partial charge is 0.491 e. The Kier molecular flexibility index (Phi) is 18.0. The summed E-state index contributed by atoms with van der Waals surface area (Å²) in [7, 11) is 0. The standard InChI is InChI=1S/C40H62ClNO6/c1-9-11-12-13-14-15-16-17-18-19-20-21-25-46-36-29-42(34(24-26-47-39(3,4)5)38(45)48-40(6,7)8)37(44)28-33(36)32-27-30(41)22-23-31(32)35(43)10-2/h22-23,27-29,34H,9-21,24-26H2,1-8H3. The lowest BCUT2D eigenvalue weighted by Gasteiger charge is -2.27. The van der Waals surface area contributed by atoms with E-state index in [9.17, 15) is 14.4 Å². The maximum Gasteiger partial charge on any atom is 0.329 e. The third kappa shape index (κ3) is 15.3. The van der Waals surface area contributed by atoms with Crippen LogP contribution < -0.4 is 10.3 Å². The summed E-state index contributed by atoms with van der Waals surface area (Å²) in [5.41, 5.74) is -0.0873. The van der Waals surface area contributed by atoms with Crippen LogP contribution in [0.25, 0.3) is 11.1 Å². The van der Waals surface area contributed by atoms with Gasteiger partial charge in [-0.2, -0.15) is 0 Å². The Balaban J connectivity index is 2.32. The lowest BCUT2D eigenvalue weighted by molar-refractivity contribution is -0.160. The van der Waals surface area contributed by atoms with Gasteiger partial charge in [0.2, 0.25) is 0 Å². The summed E-state index contributed by atoms with van der Waals surface area (Å²) < 4.78 is 19.5. The van der Waals surface area contributed by atoms with Crippen molar-refractivity contribution in [3.05, 3.63) is 51.4 Å². The number of rotatable bonds is 22. The van der Waals surface area contributed by atoms with E-state index in [1.54, 1.807) is 52.1 Å². The van der Waals surface area contributed by atoms with Crippen LogP contribution in [0.5, 0.6) is 5.75 Å². The number of unbranched alkanes of at least 4 members (excludes halogenated alkanes) is 11. The third-order valence-corrected chi connectivity index (χ3v) is 8.37. The summed E-state index contributed by atoms with van der Waals surface area (Å²) in [6, 6.07) is 5.58. The first-order valence-electron chi connectivity index (χ1n) is 18.3. The molecule has 8 heteroatoms. The van der Waals surface area contributed by atoms with Crippen molar-refractivity contribution in [3.63, 3.8) is 0 Å². The zero-order valence-electron chi connectivity index (χ0n) is 31.1. The molecular formula is C40H62ClNO6. The van der Waals surface area contributed by atoms with Crippen LogP contribution in [0.3, 0.4) is 0 Å². The molecule has 0 saturated carbocycles. The quantitative estimate of drug-likeness (QED) is 0.0696. The van der Waals surface area contributed by atoms with Crippen molar-refractivity contribution in [2.24, 2.45) is 0 Å². The van der Waals surface area contributed by atoms with Gasteiger partial charge in [-0.1, -0.05) is 96.1 Å². The van der Waals surface area contributed by atoms with E-state index in [4.69, 9.17) is 25.8 Å². The Morgan fingerprint density at radius 1 is 0.771 bits per heavy atom. The van der Waals surface area contributed by atoms with Gasteiger partial charge in [0.1, 0.15) is 17.4 Å². The summed E-state index contributed by atoms with van der Waals surface area (Å²) in [5, 5.41) is 0.444. The molecule has 1 aromatic carbocycles. The molecule has 48 heavy (non-hydrogen) atoms. The molecule has 0 N–H and O–H groups in total. The van der Waals surface area contributed by atoms with Gasteiger partial charge in [-0.3, -0.25) is 14.2 Å². The molecule has 0 radical (unpaired) electrons. The fourth-order valence-electron chi connectivity index (χ4n) is 5.61. The minimum atomic E-state index is -0.932. The number of benzene rings is 1. The molecule has 0 saturated heterocycles. The average Bonchev–Trinajstić information content (AvgIpc) is 3.00. The molecule has 0 aliphatic rings. The Bertz CT molecular complexity index is 1340. The van der Waals surface area contributed by atoms with E-state index in [0.29, 0.717) is 40.5 Å². The Morgan fingerprint density at radius 2 is 1.35 bits per heavy atom. The number of ether oxygens (including phenoxy) is 3. The monoisotopic (exact) mass is 687 g/mol. The third-order valence-electron chi connectivity index (χ3n) is 8.13. The number of hydrogen-bond donors (Lipinski definition) is 0. The number of hydrogen-bond acceptors (Lipinski definition) is 6. The summed E-state index contributed by atoms with van der Waals surface area (Å²) in [6.07, 6.45) is 16.9. The van der Waals surface area contributed by atoms with Crippen LogP contribution in [0, 0.1) is 0 Å². The molecule has 0 bridgehead atoms. The molecule has 0 spiro atoms. The number of ketones is 1. The van der Waals surface area contributed by atoms with Gasteiger partial charge in [-0.15, -0.1) is 0 Å². The number of esters is 1. The van der Waals surface area contributed by atoms with Crippen molar-refractivity contribution in [1.29, 1.82) is 0 Å². The molecule has 0 aliphatic carbocycles.